The first-order valence-corrected chi connectivity index (χ1v) is 8.83. The first-order valence-electron chi connectivity index (χ1n) is 8.83. The number of aromatic amines is 1. The minimum atomic E-state index is -0.113. The normalized spacial score (nSPS) is 12.5. The molecular weight excluding hydrogens is 308 g/mol. The molecule has 0 radical (unpaired) electrons. The maximum Gasteiger partial charge on any atom is 0.0879 e. The highest BCUT2D eigenvalue weighted by Gasteiger charge is 2.24. The van der Waals surface area contributed by atoms with Crippen LogP contribution in [0.1, 0.15) is 44.9 Å². The summed E-state index contributed by atoms with van der Waals surface area (Å²) in [6.07, 6.45) is 5.89. The quantitative estimate of drug-likeness (QED) is 0.571. The molecule has 0 bridgehead atoms. The number of nitrogens with one attached hydrogen (secondary N) is 1. The van der Waals surface area contributed by atoms with Crippen LogP contribution in [0.2, 0.25) is 0 Å². The molecule has 0 saturated carbocycles. The van der Waals surface area contributed by atoms with Crippen LogP contribution in [0.3, 0.4) is 0 Å². The van der Waals surface area contributed by atoms with Crippen LogP contribution >= 0.6 is 0 Å². The fourth-order valence-electron chi connectivity index (χ4n) is 3.34. The largest absolute Gasteiger partial charge is 0.365 e. The summed E-state index contributed by atoms with van der Waals surface area (Å²) in [4.78, 5) is 7.96. The summed E-state index contributed by atoms with van der Waals surface area (Å²) in [5.41, 5.74) is 4.53. The van der Waals surface area contributed by atoms with Gasteiger partial charge in [0.2, 0.25) is 0 Å². The van der Waals surface area contributed by atoms with E-state index in [9.17, 15) is 0 Å². The standard InChI is InChI=1S/C21H24N4/c1-14(2)15-5-6-17-11-23-25(19(17)9-15)13-21(3,4)20-8-7-16-10-22-12-18(16)24-20/h5-12,14,22H,13H2,1-4H3. The van der Waals surface area contributed by atoms with Crippen molar-refractivity contribution in [2.75, 3.05) is 0 Å². The van der Waals surface area contributed by atoms with Crippen molar-refractivity contribution in [2.45, 2.75) is 45.6 Å². The minimum absolute atomic E-state index is 0.113. The molecule has 0 saturated heterocycles. The SMILES string of the molecule is CC(C)c1ccc2cnn(CC(C)(C)c3ccc4c[nH]cc4n3)c2c1. The van der Waals surface area contributed by atoms with Crippen LogP contribution in [-0.4, -0.2) is 19.7 Å². The van der Waals surface area contributed by atoms with Crippen LogP contribution in [0, 0.1) is 0 Å². The van der Waals surface area contributed by atoms with Crippen molar-refractivity contribution in [3.05, 3.63) is 60.2 Å². The summed E-state index contributed by atoms with van der Waals surface area (Å²) in [6.45, 7) is 9.70. The van der Waals surface area contributed by atoms with E-state index in [0.29, 0.717) is 5.92 Å². The second-order valence-electron chi connectivity index (χ2n) is 7.79. The van der Waals surface area contributed by atoms with E-state index in [1.807, 2.05) is 18.6 Å². The van der Waals surface area contributed by atoms with Crippen molar-refractivity contribution in [2.24, 2.45) is 0 Å². The lowest BCUT2D eigenvalue weighted by molar-refractivity contribution is 0.407. The van der Waals surface area contributed by atoms with Gasteiger partial charge >= 0.3 is 0 Å². The van der Waals surface area contributed by atoms with Crippen molar-refractivity contribution in [1.29, 1.82) is 0 Å². The maximum absolute atomic E-state index is 4.84. The number of pyridine rings is 1. The van der Waals surface area contributed by atoms with Crippen LogP contribution in [-0.2, 0) is 12.0 Å². The first kappa shape index (κ1) is 15.9. The topological polar surface area (TPSA) is 46.5 Å². The second kappa shape index (κ2) is 5.73. The molecule has 128 valence electrons. The van der Waals surface area contributed by atoms with Crippen molar-refractivity contribution in [3.63, 3.8) is 0 Å². The molecule has 0 fully saturated rings. The summed E-state index contributed by atoms with van der Waals surface area (Å²) in [7, 11) is 0. The number of aromatic nitrogens is 4. The second-order valence-corrected chi connectivity index (χ2v) is 7.79. The fraction of sp³-hybridized carbons (Fsp3) is 0.333. The van der Waals surface area contributed by atoms with Crippen molar-refractivity contribution in [1.82, 2.24) is 19.7 Å². The van der Waals surface area contributed by atoms with E-state index in [1.54, 1.807) is 0 Å². The van der Waals surface area contributed by atoms with Gasteiger partial charge in [-0.25, -0.2) is 0 Å². The third kappa shape index (κ3) is 2.82. The number of benzene rings is 1. The number of hydrogen-bond acceptors (Lipinski definition) is 2. The van der Waals surface area contributed by atoms with Gasteiger partial charge in [-0.05, 0) is 29.7 Å². The number of H-pyrrole nitrogens is 1. The Labute approximate surface area is 147 Å². The van der Waals surface area contributed by atoms with Gasteiger partial charge in [0.05, 0.1) is 23.8 Å². The average molecular weight is 332 g/mol. The molecule has 1 aromatic carbocycles. The van der Waals surface area contributed by atoms with Crippen LogP contribution < -0.4 is 0 Å². The molecule has 0 aliphatic rings. The van der Waals surface area contributed by atoms with E-state index in [2.05, 4.69) is 72.8 Å². The van der Waals surface area contributed by atoms with Gasteiger partial charge in [0, 0.05) is 34.3 Å². The van der Waals surface area contributed by atoms with Crippen LogP contribution in [0.25, 0.3) is 21.8 Å². The molecule has 4 nitrogen and oxygen atoms in total. The number of rotatable bonds is 4. The molecule has 0 spiro atoms. The summed E-state index contributed by atoms with van der Waals surface area (Å²) in [6, 6.07) is 10.9. The zero-order valence-electron chi connectivity index (χ0n) is 15.2. The molecule has 4 heteroatoms. The zero-order valence-corrected chi connectivity index (χ0v) is 15.2. The molecule has 4 rings (SSSR count). The van der Waals surface area contributed by atoms with Gasteiger partial charge in [-0.2, -0.15) is 5.10 Å². The molecule has 1 N–H and O–H groups in total. The van der Waals surface area contributed by atoms with Gasteiger partial charge in [-0.15, -0.1) is 0 Å². The monoisotopic (exact) mass is 332 g/mol. The highest BCUT2D eigenvalue weighted by Crippen LogP contribution is 2.28. The van der Waals surface area contributed by atoms with Crippen LogP contribution in [0.15, 0.2) is 48.9 Å². The predicted octanol–water partition coefficient (Wildman–Crippen LogP) is 5.01. The Morgan fingerprint density at radius 2 is 1.88 bits per heavy atom. The third-order valence-corrected chi connectivity index (χ3v) is 4.99. The van der Waals surface area contributed by atoms with Gasteiger partial charge < -0.3 is 4.98 Å². The van der Waals surface area contributed by atoms with Gasteiger partial charge in [-0.1, -0.05) is 39.8 Å². The molecule has 3 heterocycles. The molecule has 0 atom stereocenters. The average Bonchev–Trinajstić information content (AvgIpc) is 3.20. The molecule has 25 heavy (non-hydrogen) atoms. The Morgan fingerprint density at radius 3 is 2.68 bits per heavy atom. The van der Waals surface area contributed by atoms with E-state index in [0.717, 1.165) is 23.1 Å². The smallest absolute Gasteiger partial charge is 0.0879 e. The van der Waals surface area contributed by atoms with Gasteiger partial charge in [0.15, 0.2) is 0 Å². The highest BCUT2D eigenvalue weighted by molar-refractivity contribution is 5.80. The van der Waals surface area contributed by atoms with Crippen molar-refractivity contribution in [3.8, 4) is 0 Å². The molecule has 4 aromatic rings. The fourth-order valence-corrected chi connectivity index (χ4v) is 3.34. The summed E-state index contributed by atoms with van der Waals surface area (Å²) < 4.78 is 2.12. The van der Waals surface area contributed by atoms with E-state index < -0.39 is 0 Å². The number of nitrogens with zero attached hydrogens (tertiary/aromatic N) is 3. The predicted molar refractivity (Wildman–Crippen MR) is 103 cm³/mol. The maximum atomic E-state index is 4.84. The van der Waals surface area contributed by atoms with Gasteiger partial charge in [0.25, 0.3) is 0 Å². The molecule has 3 aromatic heterocycles. The third-order valence-electron chi connectivity index (χ3n) is 4.99. The van der Waals surface area contributed by atoms with E-state index in [-0.39, 0.29) is 5.41 Å². The van der Waals surface area contributed by atoms with Crippen LogP contribution in [0.4, 0.5) is 0 Å². The molecule has 0 aliphatic carbocycles. The Balaban J connectivity index is 1.72. The Morgan fingerprint density at radius 1 is 1.08 bits per heavy atom. The van der Waals surface area contributed by atoms with E-state index in [1.165, 1.54) is 16.5 Å². The van der Waals surface area contributed by atoms with E-state index >= 15 is 0 Å². The Kier molecular flexibility index (Phi) is 3.64. The lowest BCUT2D eigenvalue weighted by atomic mass is 9.88. The summed E-state index contributed by atoms with van der Waals surface area (Å²) >= 11 is 0. The molecule has 0 unspecified atom stereocenters. The Hall–Kier alpha value is -2.62. The first-order chi connectivity index (χ1) is 11.9. The Bertz CT molecular complexity index is 1040. The minimum Gasteiger partial charge on any atom is -0.365 e. The molecular formula is C21H24N4. The zero-order chi connectivity index (χ0) is 17.6. The lowest BCUT2D eigenvalue weighted by Crippen LogP contribution is -2.26. The lowest BCUT2D eigenvalue weighted by Gasteiger charge is -2.24. The van der Waals surface area contributed by atoms with Gasteiger partial charge in [0.1, 0.15) is 0 Å². The molecule has 0 amide bonds. The summed E-state index contributed by atoms with van der Waals surface area (Å²) in [5.74, 6) is 0.512. The van der Waals surface area contributed by atoms with Crippen LogP contribution in [0.5, 0.6) is 0 Å². The molecule has 0 aliphatic heterocycles. The number of hydrogen-bond donors (Lipinski definition) is 1. The van der Waals surface area contributed by atoms with Gasteiger partial charge in [-0.3, -0.25) is 9.67 Å². The highest BCUT2D eigenvalue weighted by atomic mass is 15.3. The van der Waals surface area contributed by atoms with Crippen molar-refractivity contribution < 1.29 is 0 Å². The van der Waals surface area contributed by atoms with E-state index in [4.69, 9.17) is 4.98 Å². The van der Waals surface area contributed by atoms with Crippen molar-refractivity contribution >= 4 is 21.8 Å². The number of fused-ring (bicyclic) bond motifs is 2. The summed E-state index contributed by atoms with van der Waals surface area (Å²) in [5, 5.41) is 6.97.